The van der Waals surface area contributed by atoms with Gasteiger partial charge >= 0.3 is 0 Å². The Morgan fingerprint density at radius 2 is 1.92 bits per heavy atom. The van der Waals surface area contributed by atoms with Gasteiger partial charge in [-0.25, -0.2) is 17.6 Å². The van der Waals surface area contributed by atoms with Crippen molar-refractivity contribution in [3.05, 3.63) is 28.8 Å². The molecule has 0 aromatic carbocycles. The number of aromatic nitrogens is 1. The minimum absolute atomic E-state index is 0.437. The molecule has 72 valence electrons. The first-order valence-electron chi connectivity index (χ1n) is 3.25. The molecule has 1 heterocycles. The molecule has 0 saturated heterocycles. The topological polar surface area (TPSA) is 12.9 Å². The van der Waals surface area contributed by atoms with Crippen molar-refractivity contribution in [2.45, 2.75) is 12.6 Å². The fourth-order valence-corrected chi connectivity index (χ4v) is 1.00. The number of hydrogen-bond donors (Lipinski definition) is 0. The van der Waals surface area contributed by atoms with Crippen LogP contribution in [0, 0.1) is 5.82 Å². The van der Waals surface area contributed by atoms with Gasteiger partial charge in [-0.15, -0.1) is 0 Å². The van der Waals surface area contributed by atoms with E-state index in [4.69, 9.17) is 11.6 Å². The number of pyridine rings is 1. The predicted molar refractivity (Wildman–Crippen MR) is 39.1 cm³/mol. The maximum absolute atomic E-state index is 12.6. The minimum atomic E-state index is -3.21. The summed E-state index contributed by atoms with van der Waals surface area (Å²) in [5.41, 5.74) is -0.641. The summed E-state index contributed by atoms with van der Waals surface area (Å²) in [5.74, 6) is -0.796. The van der Waals surface area contributed by atoms with E-state index < -0.39 is 29.1 Å². The average molecular weight is 214 g/mol. The van der Waals surface area contributed by atoms with Crippen LogP contribution in [-0.2, 0) is 0 Å². The Bertz CT molecular complexity index is 305. The maximum Gasteiger partial charge on any atom is 0.275 e. The van der Waals surface area contributed by atoms with Crippen LogP contribution in [0.5, 0.6) is 0 Å². The van der Waals surface area contributed by atoms with E-state index in [1.54, 1.807) is 0 Å². The highest BCUT2D eigenvalue weighted by atomic mass is 35.5. The first-order valence-corrected chi connectivity index (χ1v) is 3.63. The molecule has 1 rings (SSSR count). The molecule has 13 heavy (non-hydrogen) atoms. The maximum atomic E-state index is 12.6. The fourth-order valence-electron chi connectivity index (χ4n) is 0.747. The van der Waals surface area contributed by atoms with Gasteiger partial charge in [-0.1, -0.05) is 11.6 Å². The third kappa shape index (κ3) is 2.30. The molecule has 0 spiro atoms. The number of rotatable bonds is 2. The highest BCUT2D eigenvalue weighted by molar-refractivity contribution is 6.31. The molecule has 0 aliphatic rings. The van der Waals surface area contributed by atoms with Crippen molar-refractivity contribution in [2.24, 2.45) is 0 Å². The summed E-state index contributed by atoms with van der Waals surface area (Å²) < 4.78 is 48.6. The molecule has 0 bridgehead atoms. The highest BCUT2D eigenvalue weighted by Gasteiger charge is 2.25. The number of nitrogens with zero attached hydrogens (tertiary/aromatic N) is 1. The van der Waals surface area contributed by atoms with Crippen LogP contribution in [0.25, 0.3) is 0 Å². The lowest BCUT2D eigenvalue weighted by atomic mass is 10.2. The van der Waals surface area contributed by atoms with E-state index in [9.17, 15) is 17.6 Å². The van der Waals surface area contributed by atoms with Gasteiger partial charge in [0.25, 0.3) is 6.43 Å². The monoisotopic (exact) mass is 213 g/mol. The molecule has 6 heteroatoms. The Labute approximate surface area is 76.3 Å². The van der Waals surface area contributed by atoms with E-state index in [1.165, 1.54) is 0 Å². The normalized spacial score (nSPS) is 13.4. The summed E-state index contributed by atoms with van der Waals surface area (Å²) in [6.45, 7) is 0. The Morgan fingerprint density at radius 1 is 1.31 bits per heavy atom. The van der Waals surface area contributed by atoms with Crippen molar-refractivity contribution in [3.8, 4) is 0 Å². The van der Waals surface area contributed by atoms with Gasteiger partial charge in [-0.3, -0.25) is 4.98 Å². The quantitative estimate of drug-likeness (QED) is 0.688. The fraction of sp³-hybridized carbons (Fsp3) is 0.286. The number of alkyl halides is 3. The number of halogens is 5. The van der Waals surface area contributed by atoms with E-state index in [0.717, 1.165) is 6.07 Å². The molecule has 1 aromatic heterocycles. The second-order valence-electron chi connectivity index (χ2n) is 2.26. The molecule has 0 radical (unpaired) electrons. The molecule has 0 N–H and O–H groups in total. The van der Waals surface area contributed by atoms with Crippen molar-refractivity contribution in [1.29, 1.82) is 0 Å². The van der Waals surface area contributed by atoms with Crippen molar-refractivity contribution >= 4 is 11.6 Å². The third-order valence-electron chi connectivity index (χ3n) is 1.32. The van der Waals surface area contributed by atoms with E-state index >= 15 is 0 Å². The van der Waals surface area contributed by atoms with E-state index in [-0.39, 0.29) is 0 Å². The summed E-state index contributed by atoms with van der Waals surface area (Å²) in [4.78, 5) is 3.14. The van der Waals surface area contributed by atoms with E-state index in [0.29, 0.717) is 6.20 Å². The van der Waals surface area contributed by atoms with Gasteiger partial charge < -0.3 is 0 Å². The Kier molecular flexibility index (Phi) is 3.08. The molecular formula is C7H4ClF4N. The van der Waals surface area contributed by atoms with E-state index in [2.05, 4.69) is 4.98 Å². The zero-order valence-electron chi connectivity index (χ0n) is 6.15. The molecule has 0 fully saturated rings. The highest BCUT2D eigenvalue weighted by Crippen LogP contribution is 2.28. The average Bonchev–Trinajstić information content (AvgIpc) is 2.03. The smallest absolute Gasteiger partial charge is 0.253 e. The first kappa shape index (κ1) is 10.2. The van der Waals surface area contributed by atoms with Crippen LogP contribution < -0.4 is 0 Å². The number of hydrogen-bond acceptors (Lipinski definition) is 1. The van der Waals surface area contributed by atoms with Gasteiger partial charge in [0.05, 0.1) is 16.9 Å². The molecule has 0 unspecified atom stereocenters. The van der Waals surface area contributed by atoms with Crippen molar-refractivity contribution in [1.82, 2.24) is 4.98 Å². The first-order chi connectivity index (χ1) is 6.02. The second kappa shape index (κ2) is 3.91. The molecule has 0 aliphatic heterocycles. The lowest BCUT2D eigenvalue weighted by Gasteiger charge is -2.07. The summed E-state index contributed by atoms with van der Waals surface area (Å²) in [5, 5.41) is -0.437. The van der Waals surface area contributed by atoms with Crippen molar-refractivity contribution < 1.29 is 17.6 Å². The van der Waals surface area contributed by atoms with Gasteiger partial charge in [0.2, 0.25) is 6.17 Å². The predicted octanol–water partition coefficient (Wildman–Crippen LogP) is 3.15. The Morgan fingerprint density at radius 3 is 2.38 bits per heavy atom. The molecule has 1 aromatic rings. The molecule has 1 atom stereocenters. The molecule has 0 aliphatic carbocycles. The summed E-state index contributed by atoms with van der Waals surface area (Å²) in [6, 6.07) is 0.735. The van der Waals surface area contributed by atoms with Crippen LogP contribution in [0.15, 0.2) is 12.3 Å². The lowest BCUT2D eigenvalue weighted by Crippen LogP contribution is -2.06. The lowest BCUT2D eigenvalue weighted by molar-refractivity contribution is 0.0472. The van der Waals surface area contributed by atoms with Gasteiger partial charge in [-0.2, -0.15) is 0 Å². The standard InChI is InChI=1S/C7H4ClF4N/c8-4-1-3(9)2-13-6(4)5(10)7(11)12/h1-2,5,7H/t5-/m1/s1. The van der Waals surface area contributed by atoms with Crippen LogP contribution in [0.4, 0.5) is 17.6 Å². The summed E-state index contributed by atoms with van der Waals surface area (Å²) in [7, 11) is 0. The second-order valence-corrected chi connectivity index (χ2v) is 2.66. The van der Waals surface area contributed by atoms with E-state index in [1.807, 2.05) is 0 Å². The van der Waals surface area contributed by atoms with Gasteiger partial charge in [-0.05, 0) is 6.07 Å². The van der Waals surface area contributed by atoms with Crippen LogP contribution in [-0.4, -0.2) is 11.4 Å². The molecular weight excluding hydrogens is 210 g/mol. The molecule has 1 nitrogen and oxygen atoms in total. The van der Waals surface area contributed by atoms with Gasteiger partial charge in [0, 0.05) is 0 Å². The van der Waals surface area contributed by atoms with Crippen LogP contribution in [0.1, 0.15) is 11.9 Å². The Hall–Kier alpha value is -0.840. The molecule has 0 saturated carbocycles. The van der Waals surface area contributed by atoms with Gasteiger partial charge in [0.15, 0.2) is 0 Å². The zero-order chi connectivity index (χ0) is 10.0. The third-order valence-corrected chi connectivity index (χ3v) is 1.62. The van der Waals surface area contributed by atoms with Crippen molar-refractivity contribution in [3.63, 3.8) is 0 Å². The van der Waals surface area contributed by atoms with Crippen LogP contribution >= 0.6 is 11.6 Å². The van der Waals surface area contributed by atoms with Gasteiger partial charge in [0.1, 0.15) is 5.82 Å². The Balaban J connectivity index is 3.01. The van der Waals surface area contributed by atoms with Crippen LogP contribution in [0.2, 0.25) is 5.02 Å². The summed E-state index contributed by atoms with van der Waals surface area (Å²) >= 11 is 5.29. The zero-order valence-corrected chi connectivity index (χ0v) is 6.90. The molecule has 0 amide bonds. The van der Waals surface area contributed by atoms with Crippen LogP contribution in [0.3, 0.4) is 0 Å². The summed E-state index contributed by atoms with van der Waals surface area (Å²) in [6.07, 6.45) is -5.15. The minimum Gasteiger partial charge on any atom is -0.253 e. The van der Waals surface area contributed by atoms with Crippen molar-refractivity contribution in [2.75, 3.05) is 0 Å². The largest absolute Gasteiger partial charge is 0.275 e. The SMILES string of the molecule is Fc1cnc([C@@H](F)C(F)F)c(Cl)c1.